The monoisotopic (exact) mass is 310 g/mol. The van der Waals surface area contributed by atoms with Gasteiger partial charge in [-0.25, -0.2) is 4.79 Å². The fraction of sp³-hybridized carbons (Fsp3) is 0.941. The van der Waals surface area contributed by atoms with Crippen LogP contribution in [0.4, 0.5) is 4.79 Å². The van der Waals surface area contributed by atoms with Crippen molar-refractivity contribution in [1.29, 1.82) is 0 Å². The molecule has 5 heteroatoms. The molecule has 5 nitrogen and oxygen atoms in total. The molecule has 0 bridgehead atoms. The number of methoxy groups -OCH3 is 1. The number of fused-ring (bicyclic) bond motifs is 1. The minimum absolute atomic E-state index is 0.154. The maximum Gasteiger partial charge on any atom is 0.410 e. The van der Waals surface area contributed by atoms with E-state index in [1.165, 1.54) is 25.7 Å². The summed E-state index contributed by atoms with van der Waals surface area (Å²) in [6.45, 7) is 7.46. The van der Waals surface area contributed by atoms with Gasteiger partial charge in [-0.3, -0.25) is 0 Å². The third-order valence-electron chi connectivity index (χ3n) is 5.28. The predicted molar refractivity (Wildman–Crippen MR) is 84.8 cm³/mol. The average molecular weight is 310 g/mol. The summed E-state index contributed by atoms with van der Waals surface area (Å²) in [6, 6.07) is 1.25. The molecule has 0 aromatic carbocycles. The SMILES string of the molecule is COC1CCC(NC2C3CN(C(=O)OC(C)(C)C)CC32)CC1. The summed E-state index contributed by atoms with van der Waals surface area (Å²) in [5.74, 6) is 1.26. The second-order valence-electron chi connectivity index (χ2n) is 8.11. The van der Waals surface area contributed by atoms with Crippen LogP contribution in [0.5, 0.6) is 0 Å². The summed E-state index contributed by atoms with van der Waals surface area (Å²) in [5, 5.41) is 3.81. The van der Waals surface area contributed by atoms with Crippen LogP contribution in [-0.2, 0) is 9.47 Å². The molecule has 2 unspecified atom stereocenters. The van der Waals surface area contributed by atoms with Crippen molar-refractivity contribution >= 4 is 6.09 Å². The number of nitrogens with one attached hydrogen (secondary N) is 1. The van der Waals surface area contributed by atoms with E-state index in [0.29, 0.717) is 30.0 Å². The van der Waals surface area contributed by atoms with Crippen LogP contribution in [0.3, 0.4) is 0 Å². The van der Waals surface area contributed by atoms with Crippen LogP contribution >= 0.6 is 0 Å². The largest absolute Gasteiger partial charge is 0.444 e. The smallest absolute Gasteiger partial charge is 0.410 e. The van der Waals surface area contributed by atoms with Crippen molar-refractivity contribution in [1.82, 2.24) is 10.2 Å². The highest BCUT2D eigenvalue weighted by molar-refractivity contribution is 5.69. The lowest BCUT2D eigenvalue weighted by Gasteiger charge is -2.30. The van der Waals surface area contributed by atoms with E-state index in [1.807, 2.05) is 32.8 Å². The zero-order chi connectivity index (χ0) is 15.9. The van der Waals surface area contributed by atoms with Gasteiger partial charge < -0.3 is 19.7 Å². The van der Waals surface area contributed by atoms with Gasteiger partial charge in [-0.1, -0.05) is 0 Å². The van der Waals surface area contributed by atoms with E-state index in [2.05, 4.69) is 5.32 Å². The summed E-state index contributed by atoms with van der Waals surface area (Å²) in [5.41, 5.74) is -0.401. The van der Waals surface area contributed by atoms with E-state index in [0.717, 1.165) is 13.1 Å². The third kappa shape index (κ3) is 3.57. The number of rotatable bonds is 3. The fourth-order valence-electron chi connectivity index (χ4n) is 3.99. The Bertz CT molecular complexity index is 401. The standard InChI is InChI=1S/C17H30N2O3/c1-17(2,3)22-16(20)19-9-13-14(10-19)15(13)18-11-5-7-12(21-4)8-6-11/h11-15,18H,5-10H2,1-4H3. The average Bonchev–Trinajstić information content (AvgIpc) is 2.90. The van der Waals surface area contributed by atoms with E-state index in [-0.39, 0.29) is 6.09 Å². The lowest BCUT2D eigenvalue weighted by atomic mass is 9.93. The summed E-state index contributed by atoms with van der Waals surface area (Å²) in [4.78, 5) is 13.9. The number of hydrogen-bond acceptors (Lipinski definition) is 4. The second-order valence-corrected chi connectivity index (χ2v) is 8.11. The number of likely N-dealkylation sites (tertiary alicyclic amines) is 1. The predicted octanol–water partition coefficient (Wildman–Crippen LogP) is 2.40. The van der Waals surface area contributed by atoms with Gasteiger partial charge in [0, 0.05) is 32.3 Å². The van der Waals surface area contributed by atoms with Crippen LogP contribution in [0.25, 0.3) is 0 Å². The lowest BCUT2D eigenvalue weighted by molar-refractivity contribution is 0.0266. The van der Waals surface area contributed by atoms with Gasteiger partial charge in [0.2, 0.25) is 0 Å². The molecule has 2 saturated carbocycles. The Morgan fingerprint density at radius 2 is 1.68 bits per heavy atom. The van der Waals surface area contributed by atoms with Gasteiger partial charge in [-0.05, 0) is 58.3 Å². The van der Waals surface area contributed by atoms with Crippen molar-refractivity contribution in [3.63, 3.8) is 0 Å². The van der Waals surface area contributed by atoms with Crippen LogP contribution in [0.2, 0.25) is 0 Å². The number of ether oxygens (including phenoxy) is 2. The molecule has 0 spiro atoms. The van der Waals surface area contributed by atoms with Crippen LogP contribution in [0, 0.1) is 11.8 Å². The normalized spacial score (nSPS) is 37.8. The fourth-order valence-corrected chi connectivity index (χ4v) is 3.99. The Morgan fingerprint density at radius 1 is 1.09 bits per heavy atom. The van der Waals surface area contributed by atoms with Crippen molar-refractivity contribution < 1.29 is 14.3 Å². The van der Waals surface area contributed by atoms with E-state index >= 15 is 0 Å². The number of amides is 1. The van der Waals surface area contributed by atoms with Crippen molar-refractivity contribution in [3.05, 3.63) is 0 Å². The van der Waals surface area contributed by atoms with Crippen LogP contribution in [-0.4, -0.2) is 55.0 Å². The molecule has 1 N–H and O–H groups in total. The molecule has 3 fully saturated rings. The lowest BCUT2D eigenvalue weighted by Crippen LogP contribution is -2.42. The van der Waals surface area contributed by atoms with Crippen LogP contribution in [0.15, 0.2) is 0 Å². The minimum atomic E-state index is -0.401. The highest BCUT2D eigenvalue weighted by Crippen LogP contribution is 2.46. The number of nitrogens with zero attached hydrogens (tertiary/aromatic N) is 1. The molecule has 2 atom stereocenters. The Labute approximate surface area is 133 Å². The van der Waals surface area contributed by atoms with Gasteiger partial charge in [-0.15, -0.1) is 0 Å². The molecular formula is C17H30N2O3. The van der Waals surface area contributed by atoms with E-state index in [4.69, 9.17) is 9.47 Å². The minimum Gasteiger partial charge on any atom is -0.444 e. The Morgan fingerprint density at radius 3 is 2.18 bits per heavy atom. The number of carbonyl (C=O) groups is 1. The molecule has 1 amide bonds. The Balaban J connectivity index is 1.39. The molecule has 1 heterocycles. The van der Waals surface area contributed by atoms with Crippen molar-refractivity contribution in [2.24, 2.45) is 11.8 Å². The first-order valence-electron chi connectivity index (χ1n) is 8.64. The molecule has 1 saturated heterocycles. The number of piperidine rings is 1. The van der Waals surface area contributed by atoms with Crippen molar-refractivity contribution in [3.8, 4) is 0 Å². The second kappa shape index (κ2) is 6.00. The Kier molecular flexibility index (Phi) is 4.38. The molecule has 126 valence electrons. The summed E-state index contributed by atoms with van der Waals surface area (Å²) in [6.07, 6.45) is 5.06. The first-order chi connectivity index (χ1) is 10.4. The van der Waals surface area contributed by atoms with Crippen molar-refractivity contribution in [2.45, 2.75) is 70.2 Å². The first kappa shape index (κ1) is 16.1. The van der Waals surface area contributed by atoms with E-state index < -0.39 is 5.60 Å². The maximum absolute atomic E-state index is 12.1. The molecule has 1 aliphatic heterocycles. The zero-order valence-corrected chi connectivity index (χ0v) is 14.3. The van der Waals surface area contributed by atoms with E-state index in [1.54, 1.807) is 0 Å². The topological polar surface area (TPSA) is 50.8 Å². The summed E-state index contributed by atoms with van der Waals surface area (Å²) in [7, 11) is 1.81. The van der Waals surface area contributed by atoms with E-state index in [9.17, 15) is 4.79 Å². The molecule has 0 aromatic rings. The van der Waals surface area contributed by atoms with Gasteiger partial charge in [0.25, 0.3) is 0 Å². The van der Waals surface area contributed by atoms with Gasteiger partial charge in [0.15, 0.2) is 0 Å². The van der Waals surface area contributed by atoms with Crippen molar-refractivity contribution in [2.75, 3.05) is 20.2 Å². The molecule has 3 aliphatic rings. The summed E-state index contributed by atoms with van der Waals surface area (Å²) >= 11 is 0. The molecule has 0 aromatic heterocycles. The van der Waals surface area contributed by atoms with Gasteiger partial charge in [0.1, 0.15) is 5.60 Å². The quantitative estimate of drug-likeness (QED) is 0.869. The molecule has 2 aliphatic carbocycles. The van der Waals surface area contributed by atoms with Gasteiger partial charge in [-0.2, -0.15) is 0 Å². The third-order valence-corrected chi connectivity index (χ3v) is 5.28. The molecular weight excluding hydrogens is 280 g/mol. The Hall–Kier alpha value is -0.810. The van der Waals surface area contributed by atoms with Gasteiger partial charge in [0.05, 0.1) is 6.10 Å². The van der Waals surface area contributed by atoms with Crippen LogP contribution in [0.1, 0.15) is 46.5 Å². The maximum atomic E-state index is 12.1. The molecule has 0 radical (unpaired) electrons. The summed E-state index contributed by atoms with van der Waals surface area (Å²) < 4.78 is 10.9. The number of carbonyl (C=O) groups excluding carboxylic acids is 1. The molecule has 3 rings (SSSR count). The zero-order valence-electron chi connectivity index (χ0n) is 14.3. The number of hydrogen-bond donors (Lipinski definition) is 1. The molecule has 22 heavy (non-hydrogen) atoms. The van der Waals surface area contributed by atoms with Crippen LogP contribution < -0.4 is 5.32 Å². The highest BCUT2D eigenvalue weighted by Gasteiger charge is 2.57. The first-order valence-corrected chi connectivity index (χ1v) is 8.64. The highest BCUT2D eigenvalue weighted by atomic mass is 16.6. The van der Waals surface area contributed by atoms with Gasteiger partial charge >= 0.3 is 6.09 Å².